The van der Waals surface area contributed by atoms with E-state index < -0.39 is 0 Å². The third kappa shape index (κ3) is 2.05. The van der Waals surface area contributed by atoms with Crippen LogP contribution in [0.15, 0.2) is 54.6 Å². The molecule has 5 heteroatoms. The second-order valence-electron chi connectivity index (χ2n) is 4.41. The summed E-state index contributed by atoms with van der Waals surface area (Å²) in [4.78, 5) is 0. The average molecular weight is 267 g/mol. The number of para-hydroxylation sites is 1. The summed E-state index contributed by atoms with van der Waals surface area (Å²) in [6.45, 7) is 0. The molecule has 0 radical (unpaired) electrons. The van der Waals surface area contributed by atoms with Gasteiger partial charge in [-0.2, -0.15) is 5.10 Å². The molecule has 0 atom stereocenters. The summed E-state index contributed by atoms with van der Waals surface area (Å²) >= 11 is 0. The Balaban J connectivity index is 2.17. The van der Waals surface area contributed by atoms with Crippen LogP contribution in [0.4, 0.5) is 5.82 Å². The number of nitrogens with zero attached hydrogens (tertiary/aromatic N) is 2. The summed E-state index contributed by atoms with van der Waals surface area (Å²) in [5.41, 5.74) is 8.10. The maximum atomic E-state index is 9.62. The van der Waals surface area contributed by atoms with Gasteiger partial charge in [-0.25, -0.2) is 4.68 Å². The fourth-order valence-electron chi connectivity index (χ4n) is 2.05. The van der Waals surface area contributed by atoms with Gasteiger partial charge in [-0.15, -0.1) is 0 Å². The highest BCUT2D eigenvalue weighted by Gasteiger charge is 2.11. The van der Waals surface area contributed by atoms with Gasteiger partial charge in [0.15, 0.2) is 11.5 Å². The minimum Gasteiger partial charge on any atom is -0.504 e. The van der Waals surface area contributed by atoms with Gasteiger partial charge in [0.2, 0.25) is 0 Å². The van der Waals surface area contributed by atoms with Crippen LogP contribution in [0.5, 0.6) is 11.5 Å². The number of phenolic OH excluding ortho intramolecular Hbond substituents is 2. The smallest absolute Gasteiger partial charge is 0.158 e. The summed E-state index contributed by atoms with van der Waals surface area (Å²) in [5, 5.41) is 23.3. The largest absolute Gasteiger partial charge is 0.504 e. The van der Waals surface area contributed by atoms with Gasteiger partial charge in [0.25, 0.3) is 0 Å². The van der Waals surface area contributed by atoms with Crippen molar-refractivity contribution < 1.29 is 10.2 Å². The standard InChI is InChI=1S/C15H13N3O2/c16-15-9-12(10-6-7-13(19)14(20)8-10)18(17-15)11-4-2-1-3-5-11/h1-9,19-20H,(H2,16,17). The van der Waals surface area contributed by atoms with E-state index in [9.17, 15) is 10.2 Å². The van der Waals surface area contributed by atoms with Gasteiger partial charge in [0, 0.05) is 11.6 Å². The van der Waals surface area contributed by atoms with E-state index in [0.717, 1.165) is 11.4 Å². The van der Waals surface area contributed by atoms with E-state index in [2.05, 4.69) is 5.10 Å². The van der Waals surface area contributed by atoms with Gasteiger partial charge in [-0.3, -0.25) is 0 Å². The highest BCUT2D eigenvalue weighted by Crippen LogP contribution is 2.32. The van der Waals surface area contributed by atoms with Crippen LogP contribution in [0, 0.1) is 0 Å². The van der Waals surface area contributed by atoms with Crippen molar-refractivity contribution in [2.45, 2.75) is 0 Å². The van der Waals surface area contributed by atoms with E-state index in [1.165, 1.54) is 12.1 Å². The number of phenols is 2. The molecule has 5 nitrogen and oxygen atoms in total. The van der Waals surface area contributed by atoms with Gasteiger partial charge in [0.05, 0.1) is 11.4 Å². The van der Waals surface area contributed by atoms with Crippen LogP contribution >= 0.6 is 0 Å². The van der Waals surface area contributed by atoms with Crippen molar-refractivity contribution in [3.8, 4) is 28.4 Å². The summed E-state index contributed by atoms with van der Waals surface area (Å²) in [7, 11) is 0. The summed E-state index contributed by atoms with van der Waals surface area (Å²) < 4.78 is 1.70. The Labute approximate surface area is 115 Å². The summed E-state index contributed by atoms with van der Waals surface area (Å²) in [6.07, 6.45) is 0. The summed E-state index contributed by atoms with van der Waals surface area (Å²) in [6, 6.07) is 15.9. The lowest BCUT2D eigenvalue weighted by Crippen LogP contribution is -1.99. The Kier molecular flexibility index (Phi) is 2.80. The van der Waals surface area contributed by atoms with E-state index in [-0.39, 0.29) is 11.5 Å². The number of aromatic nitrogens is 2. The first-order valence-corrected chi connectivity index (χ1v) is 6.08. The summed E-state index contributed by atoms with van der Waals surface area (Å²) in [5.74, 6) is 0.0470. The fourth-order valence-corrected chi connectivity index (χ4v) is 2.05. The van der Waals surface area contributed by atoms with E-state index in [1.807, 2.05) is 30.3 Å². The molecular formula is C15H13N3O2. The molecule has 3 rings (SSSR count). The minimum absolute atomic E-state index is 0.160. The minimum atomic E-state index is -0.179. The first kappa shape index (κ1) is 12.1. The first-order chi connectivity index (χ1) is 9.65. The monoisotopic (exact) mass is 267 g/mol. The fraction of sp³-hybridized carbons (Fsp3) is 0. The maximum Gasteiger partial charge on any atom is 0.158 e. The van der Waals surface area contributed by atoms with Gasteiger partial charge in [0.1, 0.15) is 5.82 Å². The number of benzene rings is 2. The van der Waals surface area contributed by atoms with E-state index >= 15 is 0 Å². The molecule has 0 amide bonds. The van der Waals surface area contributed by atoms with Crippen molar-refractivity contribution >= 4 is 5.82 Å². The third-order valence-corrected chi connectivity index (χ3v) is 3.00. The second kappa shape index (κ2) is 4.62. The average Bonchev–Trinajstić information content (AvgIpc) is 2.85. The van der Waals surface area contributed by atoms with Gasteiger partial charge in [-0.1, -0.05) is 18.2 Å². The molecule has 0 saturated carbocycles. The topological polar surface area (TPSA) is 84.3 Å². The third-order valence-electron chi connectivity index (χ3n) is 3.00. The number of rotatable bonds is 2. The van der Waals surface area contributed by atoms with E-state index in [1.54, 1.807) is 16.8 Å². The quantitative estimate of drug-likeness (QED) is 0.623. The molecule has 1 aromatic heterocycles. The van der Waals surface area contributed by atoms with Crippen LogP contribution < -0.4 is 5.73 Å². The molecule has 0 spiro atoms. The van der Waals surface area contributed by atoms with Gasteiger partial charge >= 0.3 is 0 Å². The van der Waals surface area contributed by atoms with Crippen molar-refractivity contribution in [2.24, 2.45) is 0 Å². The molecule has 0 fully saturated rings. The number of nitrogen functional groups attached to an aromatic ring is 1. The number of anilines is 1. The number of aromatic hydroxyl groups is 2. The molecule has 0 aliphatic carbocycles. The van der Waals surface area contributed by atoms with Gasteiger partial charge in [-0.05, 0) is 30.3 Å². The highest BCUT2D eigenvalue weighted by atomic mass is 16.3. The lowest BCUT2D eigenvalue weighted by Gasteiger charge is -2.08. The lowest BCUT2D eigenvalue weighted by atomic mass is 10.1. The molecule has 2 aromatic carbocycles. The van der Waals surface area contributed by atoms with Crippen LogP contribution in [0.2, 0.25) is 0 Å². The zero-order chi connectivity index (χ0) is 14.1. The van der Waals surface area contributed by atoms with E-state index in [0.29, 0.717) is 11.4 Å². The molecule has 0 bridgehead atoms. The Morgan fingerprint density at radius 1 is 0.900 bits per heavy atom. The predicted molar refractivity (Wildman–Crippen MR) is 76.7 cm³/mol. The SMILES string of the molecule is Nc1cc(-c2ccc(O)c(O)c2)n(-c2ccccc2)n1. The number of hydrogen-bond donors (Lipinski definition) is 3. The van der Waals surface area contributed by atoms with Crippen molar-refractivity contribution in [2.75, 3.05) is 5.73 Å². The molecule has 0 saturated heterocycles. The Bertz CT molecular complexity index is 751. The van der Waals surface area contributed by atoms with E-state index in [4.69, 9.17) is 5.73 Å². The molecule has 20 heavy (non-hydrogen) atoms. The van der Waals surface area contributed by atoms with Crippen molar-refractivity contribution in [1.29, 1.82) is 0 Å². The predicted octanol–water partition coefficient (Wildman–Crippen LogP) is 2.53. The van der Waals surface area contributed by atoms with Crippen molar-refractivity contribution in [1.82, 2.24) is 9.78 Å². The molecule has 3 aromatic rings. The first-order valence-electron chi connectivity index (χ1n) is 6.08. The Hall–Kier alpha value is -2.95. The maximum absolute atomic E-state index is 9.62. The molecule has 1 heterocycles. The zero-order valence-corrected chi connectivity index (χ0v) is 10.6. The molecule has 100 valence electrons. The van der Waals surface area contributed by atoms with Crippen LogP contribution in [0.25, 0.3) is 16.9 Å². The van der Waals surface area contributed by atoms with Crippen LogP contribution in [-0.4, -0.2) is 20.0 Å². The Morgan fingerprint density at radius 2 is 1.65 bits per heavy atom. The molecular weight excluding hydrogens is 254 g/mol. The van der Waals surface area contributed by atoms with Crippen molar-refractivity contribution in [3.63, 3.8) is 0 Å². The lowest BCUT2D eigenvalue weighted by molar-refractivity contribution is 0.404. The number of hydrogen-bond acceptors (Lipinski definition) is 4. The Morgan fingerprint density at radius 3 is 2.35 bits per heavy atom. The molecule has 0 aliphatic heterocycles. The second-order valence-corrected chi connectivity index (χ2v) is 4.41. The van der Waals surface area contributed by atoms with Crippen molar-refractivity contribution in [3.05, 3.63) is 54.6 Å². The number of nitrogens with two attached hydrogens (primary N) is 1. The van der Waals surface area contributed by atoms with Crippen LogP contribution in [0.1, 0.15) is 0 Å². The zero-order valence-electron chi connectivity index (χ0n) is 10.6. The highest BCUT2D eigenvalue weighted by molar-refractivity contribution is 5.68. The van der Waals surface area contributed by atoms with Gasteiger partial charge < -0.3 is 15.9 Å². The molecule has 0 aliphatic rings. The molecule has 0 unspecified atom stereocenters. The van der Waals surface area contributed by atoms with Crippen LogP contribution in [0.3, 0.4) is 0 Å². The van der Waals surface area contributed by atoms with Crippen LogP contribution in [-0.2, 0) is 0 Å². The normalized spacial score (nSPS) is 10.6. The molecule has 4 N–H and O–H groups in total.